The number of anilines is 2. The summed E-state index contributed by atoms with van der Waals surface area (Å²) in [5.41, 5.74) is 2.16. The Morgan fingerprint density at radius 2 is 2.22 bits per heavy atom. The highest BCUT2D eigenvalue weighted by molar-refractivity contribution is 5.94. The van der Waals surface area contributed by atoms with Crippen LogP contribution in [0, 0.1) is 17.0 Å². The van der Waals surface area contributed by atoms with E-state index in [1.54, 1.807) is 14.0 Å². The van der Waals surface area contributed by atoms with Crippen LogP contribution in [-0.2, 0) is 11.8 Å². The summed E-state index contributed by atoms with van der Waals surface area (Å²) in [5, 5.41) is 21.2. The second kappa shape index (κ2) is 5.71. The summed E-state index contributed by atoms with van der Waals surface area (Å²) in [6, 6.07) is 7.60. The van der Waals surface area contributed by atoms with Crippen molar-refractivity contribution < 1.29 is 9.72 Å². The lowest BCUT2D eigenvalue weighted by molar-refractivity contribution is -0.384. The number of amides is 1. The van der Waals surface area contributed by atoms with Crippen LogP contribution in [0.25, 0.3) is 0 Å². The van der Waals surface area contributed by atoms with E-state index in [1.807, 2.05) is 24.3 Å². The van der Waals surface area contributed by atoms with Gasteiger partial charge in [0.15, 0.2) is 0 Å². The van der Waals surface area contributed by atoms with Gasteiger partial charge in [0.1, 0.15) is 5.69 Å². The number of nitrogens with zero attached hydrogens (tertiary/aromatic N) is 3. The first-order valence-electron chi connectivity index (χ1n) is 7.28. The van der Waals surface area contributed by atoms with Crippen LogP contribution in [0.1, 0.15) is 23.6 Å². The number of carbonyl (C=O) groups is 1. The van der Waals surface area contributed by atoms with Crippen molar-refractivity contribution in [3.8, 4) is 0 Å². The van der Waals surface area contributed by atoms with Gasteiger partial charge >= 0.3 is 5.69 Å². The molecule has 1 aliphatic heterocycles. The fourth-order valence-corrected chi connectivity index (χ4v) is 2.97. The molecule has 0 saturated heterocycles. The Morgan fingerprint density at radius 3 is 2.96 bits per heavy atom. The van der Waals surface area contributed by atoms with Crippen LogP contribution in [0.2, 0.25) is 0 Å². The van der Waals surface area contributed by atoms with Crippen LogP contribution in [0.4, 0.5) is 17.2 Å². The molecule has 0 saturated carbocycles. The first-order valence-corrected chi connectivity index (χ1v) is 7.28. The van der Waals surface area contributed by atoms with E-state index in [2.05, 4.69) is 15.7 Å². The monoisotopic (exact) mass is 315 g/mol. The van der Waals surface area contributed by atoms with Gasteiger partial charge in [0.25, 0.3) is 0 Å². The van der Waals surface area contributed by atoms with Crippen molar-refractivity contribution in [2.45, 2.75) is 19.3 Å². The van der Waals surface area contributed by atoms with Crippen LogP contribution in [0.5, 0.6) is 0 Å². The zero-order valence-electron chi connectivity index (χ0n) is 12.9. The van der Waals surface area contributed by atoms with Gasteiger partial charge in [-0.2, -0.15) is 5.10 Å². The number of nitro groups is 1. The third kappa shape index (κ3) is 2.75. The maximum atomic E-state index is 11.8. The fraction of sp³-hybridized carbons (Fsp3) is 0.333. The Morgan fingerprint density at radius 1 is 1.48 bits per heavy atom. The van der Waals surface area contributed by atoms with Gasteiger partial charge in [0, 0.05) is 31.6 Å². The Balaban J connectivity index is 1.85. The minimum absolute atomic E-state index is 0.0268. The molecule has 1 atom stereocenters. The number of rotatable bonds is 4. The molecule has 23 heavy (non-hydrogen) atoms. The van der Waals surface area contributed by atoms with Crippen LogP contribution in [0.15, 0.2) is 24.3 Å². The van der Waals surface area contributed by atoms with Crippen molar-refractivity contribution in [3.63, 3.8) is 0 Å². The van der Waals surface area contributed by atoms with Crippen molar-refractivity contribution >= 4 is 23.1 Å². The fourth-order valence-electron chi connectivity index (χ4n) is 2.97. The first kappa shape index (κ1) is 15.0. The van der Waals surface area contributed by atoms with Crippen molar-refractivity contribution in [1.29, 1.82) is 0 Å². The summed E-state index contributed by atoms with van der Waals surface area (Å²) in [5.74, 6) is 0.261. The van der Waals surface area contributed by atoms with Gasteiger partial charge < -0.3 is 10.6 Å². The molecule has 0 spiro atoms. The standard InChI is InChI=1S/C15H17N5O3/c1-9-14(20(22)23)15(19(2)18-9)16-8-10-7-13(21)17-12-6-4-3-5-11(10)12/h3-6,10,16H,7-8H2,1-2H3,(H,17,21). The SMILES string of the molecule is Cc1nn(C)c(NCC2CC(=O)Nc3ccccc32)c1[N+](=O)[O-]. The van der Waals surface area contributed by atoms with Crippen molar-refractivity contribution in [1.82, 2.24) is 9.78 Å². The lowest BCUT2D eigenvalue weighted by atomic mass is 9.90. The molecule has 0 fully saturated rings. The second-order valence-electron chi connectivity index (χ2n) is 5.58. The van der Waals surface area contributed by atoms with E-state index >= 15 is 0 Å². The van der Waals surface area contributed by atoms with Crippen LogP contribution < -0.4 is 10.6 Å². The molecule has 1 unspecified atom stereocenters. The molecular formula is C15H17N5O3. The zero-order valence-corrected chi connectivity index (χ0v) is 12.9. The maximum absolute atomic E-state index is 11.8. The van der Waals surface area contributed by atoms with Gasteiger partial charge in [-0.3, -0.25) is 14.9 Å². The van der Waals surface area contributed by atoms with Crippen LogP contribution >= 0.6 is 0 Å². The van der Waals surface area contributed by atoms with Gasteiger partial charge in [-0.15, -0.1) is 0 Å². The number of benzene rings is 1. The van der Waals surface area contributed by atoms with Gasteiger partial charge in [-0.05, 0) is 18.6 Å². The summed E-state index contributed by atoms with van der Waals surface area (Å²) in [7, 11) is 1.66. The van der Waals surface area contributed by atoms with E-state index in [9.17, 15) is 14.9 Å². The molecule has 0 radical (unpaired) electrons. The molecule has 8 nitrogen and oxygen atoms in total. The third-order valence-corrected chi connectivity index (χ3v) is 4.00. The van der Waals surface area contributed by atoms with Crippen LogP contribution in [0.3, 0.4) is 0 Å². The number of fused-ring (bicyclic) bond motifs is 1. The molecule has 1 aromatic heterocycles. The highest BCUT2D eigenvalue weighted by Gasteiger charge is 2.28. The number of nitrogens with one attached hydrogen (secondary N) is 2. The van der Waals surface area contributed by atoms with E-state index in [-0.39, 0.29) is 17.5 Å². The minimum Gasteiger partial charge on any atom is -0.364 e. The van der Waals surface area contributed by atoms with Gasteiger partial charge in [-0.25, -0.2) is 4.68 Å². The molecule has 2 aromatic rings. The largest absolute Gasteiger partial charge is 0.364 e. The molecule has 1 aliphatic rings. The lowest BCUT2D eigenvalue weighted by Crippen LogP contribution is -2.27. The molecule has 2 heterocycles. The molecule has 120 valence electrons. The zero-order chi connectivity index (χ0) is 16.6. The highest BCUT2D eigenvalue weighted by Crippen LogP contribution is 2.33. The predicted molar refractivity (Wildman–Crippen MR) is 85.5 cm³/mol. The van der Waals surface area contributed by atoms with E-state index in [4.69, 9.17) is 0 Å². The normalized spacial score (nSPS) is 16.6. The molecule has 1 aromatic carbocycles. The van der Waals surface area contributed by atoms with Crippen molar-refractivity contribution in [2.24, 2.45) is 7.05 Å². The van der Waals surface area contributed by atoms with Crippen molar-refractivity contribution in [2.75, 3.05) is 17.2 Å². The summed E-state index contributed by atoms with van der Waals surface area (Å²) in [6.45, 7) is 2.02. The summed E-state index contributed by atoms with van der Waals surface area (Å²) in [6.07, 6.45) is 0.342. The Bertz CT molecular complexity index is 783. The highest BCUT2D eigenvalue weighted by atomic mass is 16.6. The number of aryl methyl sites for hydroxylation is 2. The molecule has 2 N–H and O–H groups in total. The topological polar surface area (TPSA) is 102 Å². The Labute approximate surface area is 132 Å². The molecule has 3 rings (SSSR count). The van der Waals surface area contributed by atoms with Gasteiger partial charge in [0.2, 0.25) is 11.7 Å². The predicted octanol–water partition coefficient (Wildman–Crippen LogP) is 2.17. The molecule has 8 heteroatoms. The smallest absolute Gasteiger partial charge is 0.333 e. The maximum Gasteiger partial charge on any atom is 0.333 e. The number of para-hydroxylation sites is 1. The van der Waals surface area contributed by atoms with Crippen molar-refractivity contribution in [3.05, 3.63) is 45.6 Å². The quantitative estimate of drug-likeness (QED) is 0.665. The average molecular weight is 315 g/mol. The summed E-state index contributed by atoms with van der Waals surface area (Å²) in [4.78, 5) is 22.6. The minimum atomic E-state index is -0.438. The van der Waals surface area contributed by atoms with E-state index < -0.39 is 4.92 Å². The van der Waals surface area contributed by atoms with E-state index in [1.165, 1.54) is 4.68 Å². The number of aromatic nitrogens is 2. The van der Waals surface area contributed by atoms with Crippen LogP contribution in [-0.4, -0.2) is 27.2 Å². The Kier molecular flexibility index (Phi) is 3.73. The Hall–Kier alpha value is -2.90. The molecular weight excluding hydrogens is 298 g/mol. The number of hydrogen-bond acceptors (Lipinski definition) is 5. The van der Waals surface area contributed by atoms with Gasteiger partial charge in [-0.1, -0.05) is 18.2 Å². The van der Waals surface area contributed by atoms with E-state index in [0.717, 1.165) is 11.3 Å². The van der Waals surface area contributed by atoms with E-state index in [0.29, 0.717) is 24.5 Å². The lowest BCUT2D eigenvalue weighted by Gasteiger charge is -2.25. The third-order valence-electron chi connectivity index (χ3n) is 4.00. The molecule has 0 aliphatic carbocycles. The summed E-state index contributed by atoms with van der Waals surface area (Å²) >= 11 is 0. The first-order chi connectivity index (χ1) is 11.0. The second-order valence-corrected chi connectivity index (χ2v) is 5.58. The number of carbonyl (C=O) groups excluding carboxylic acids is 1. The number of hydrogen-bond donors (Lipinski definition) is 2. The molecule has 0 bridgehead atoms. The molecule has 1 amide bonds. The average Bonchev–Trinajstić information content (AvgIpc) is 2.78. The summed E-state index contributed by atoms with van der Waals surface area (Å²) < 4.78 is 1.46. The van der Waals surface area contributed by atoms with Gasteiger partial charge in [0.05, 0.1) is 4.92 Å².